The number of nitro groups is 1. The van der Waals surface area contributed by atoms with Gasteiger partial charge in [-0.3, -0.25) is 10.1 Å². The monoisotopic (exact) mass is 218 g/mol. The molecule has 2 aliphatic heterocycles. The molecular weight excluding hydrogens is 204 g/mol. The highest BCUT2D eigenvalue weighted by Crippen LogP contribution is 2.40. The Hall–Kier alpha value is -1.42. The smallest absolute Gasteiger partial charge is 0.269 e. The molecule has 3 atom stereocenters. The summed E-state index contributed by atoms with van der Waals surface area (Å²) in [5.41, 5.74) is 1.42. The van der Waals surface area contributed by atoms with E-state index in [4.69, 9.17) is 0 Å². The Kier molecular flexibility index (Phi) is 2.17. The fraction of sp³-hybridized carbons (Fsp3) is 0.500. The summed E-state index contributed by atoms with van der Waals surface area (Å²) in [4.78, 5) is 10.2. The molecule has 3 rings (SSSR count). The third kappa shape index (κ3) is 1.50. The van der Waals surface area contributed by atoms with Crippen molar-refractivity contribution in [1.82, 2.24) is 5.32 Å². The number of hydrogen-bond acceptors (Lipinski definition) is 3. The van der Waals surface area contributed by atoms with Crippen molar-refractivity contribution >= 4 is 5.69 Å². The number of fused-ring (bicyclic) bond motifs is 2. The zero-order valence-corrected chi connectivity index (χ0v) is 8.93. The highest BCUT2D eigenvalue weighted by atomic mass is 16.6. The van der Waals surface area contributed by atoms with E-state index in [0.29, 0.717) is 18.0 Å². The fourth-order valence-corrected chi connectivity index (χ4v) is 3.04. The van der Waals surface area contributed by atoms with Gasteiger partial charge in [0.25, 0.3) is 5.69 Å². The summed E-state index contributed by atoms with van der Waals surface area (Å²) in [5.74, 6) is 0.555. The molecule has 84 valence electrons. The SMILES string of the molecule is O=[N+]([O-])c1ccc(C2CC3CCC2N3)cc1. The van der Waals surface area contributed by atoms with Crippen LogP contribution in [0.15, 0.2) is 24.3 Å². The van der Waals surface area contributed by atoms with Gasteiger partial charge in [-0.05, 0) is 24.8 Å². The maximum atomic E-state index is 10.6. The predicted octanol–water partition coefficient (Wildman–Crippen LogP) is 2.20. The molecule has 0 amide bonds. The van der Waals surface area contributed by atoms with Gasteiger partial charge in [-0.15, -0.1) is 0 Å². The van der Waals surface area contributed by atoms with Crippen LogP contribution >= 0.6 is 0 Å². The van der Waals surface area contributed by atoms with Gasteiger partial charge < -0.3 is 5.32 Å². The van der Waals surface area contributed by atoms with E-state index in [1.54, 1.807) is 12.1 Å². The summed E-state index contributed by atoms with van der Waals surface area (Å²) < 4.78 is 0. The Morgan fingerprint density at radius 1 is 1.25 bits per heavy atom. The van der Waals surface area contributed by atoms with Crippen LogP contribution in [0, 0.1) is 10.1 Å². The van der Waals surface area contributed by atoms with Crippen molar-refractivity contribution in [3.05, 3.63) is 39.9 Å². The second-order valence-electron chi connectivity index (χ2n) is 4.74. The van der Waals surface area contributed by atoms with Crippen LogP contribution in [0.3, 0.4) is 0 Å². The largest absolute Gasteiger partial charge is 0.311 e. The quantitative estimate of drug-likeness (QED) is 0.611. The number of benzene rings is 1. The molecule has 0 aromatic heterocycles. The molecular formula is C12H14N2O2. The second kappa shape index (κ2) is 3.56. The Bertz CT molecular complexity index is 416. The van der Waals surface area contributed by atoms with Crippen LogP contribution in [0.4, 0.5) is 5.69 Å². The predicted molar refractivity (Wildman–Crippen MR) is 60.4 cm³/mol. The minimum absolute atomic E-state index is 0.180. The molecule has 3 unspecified atom stereocenters. The lowest BCUT2D eigenvalue weighted by Crippen LogP contribution is -2.21. The van der Waals surface area contributed by atoms with Gasteiger partial charge in [0.1, 0.15) is 0 Å². The maximum Gasteiger partial charge on any atom is 0.269 e. The van der Waals surface area contributed by atoms with E-state index in [2.05, 4.69) is 5.32 Å². The average molecular weight is 218 g/mol. The van der Waals surface area contributed by atoms with Crippen molar-refractivity contribution in [3.8, 4) is 0 Å². The molecule has 1 N–H and O–H groups in total. The Balaban J connectivity index is 1.82. The lowest BCUT2D eigenvalue weighted by molar-refractivity contribution is -0.384. The van der Waals surface area contributed by atoms with Crippen LogP contribution in [0.2, 0.25) is 0 Å². The van der Waals surface area contributed by atoms with Crippen LogP contribution in [0.1, 0.15) is 30.7 Å². The normalized spacial score (nSPS) is 31.9. The molecule has 1 aromatic carbocycles. The van der Waals surface area contributed by atoms with E-state index < -0.39 is 0 Å². The van der Waals surface area contributed by atoms with E-state index >= 15 is 0 Å². The summed E-state index contributed by atoms with van der Waals surface area (Å²) in [5, 5.41) is 14.1. The first kappa shape index (κ1) is 9.78. The number of hydrogen-bond donors (Lipinski definition) is 1. The van der Waals surface area contributed by atoms with Gasteiger partial charge in [-0.2, -0.15) is 0 Å². The van der Waals surface area contributed by atoms with E-state index in [9.17, 15) is 10.1 Å². The van der Waals surface area contributed by atoms with E-state index in [-0.39, 0.29) is 10.6 Å². The summed E-state index contributed by atoms with van der Waals surface area (Å²) in [6.07, 6.45) is 3.71. The molecule has 0 aliphatic carbocycles. The third-order valence-electron chi connectivity index (χ3n) is 3.83. The van der Waals surface area contributed by atoms with Crippen LogP contribution in [0.25, 0.3) is 0 Å². The van der Waals surface area contributed by atoms with Gasteiger partial charge in [-0.1, -0.05) is 12.1 Å². The molecule has 2 fully saturated rings. The van der Waals surface area contributed by atoms with Crippen LogP contribution < -0.4 is 5.32 Å². The Morgan fingerprint density at radius 2 is 2.00 bits per heavy atom. The van der Waals surface area contributed by atoms with Gasteiger partial charge in [0.2, 0.25) is 0 Å². The minimum atomic E-state index is -0.344. The summed E-state index contributed by atoms with van der Waals surface area (Å²) in [7, 11) is 0. The molecule has 0 spiro atoms. The first-order valence-corrected chi connectivity index (χ1v) is 5.74. The number of non-ortho nitro benzene ring substituents is 1. The lowest BCUT2D eigenvalue weighted by Gasteiger charge is -2.20. The minimum Gasteiger partial charge on any atom is -0.311 e. The van der Waals surface area contributed by atoms with Gasteiger partial charge in [0, 0.05) is 30.1 Å². The van der Waals surface area contributed by atoms with Gasteiger partial charge in [0.15, 0.2) is 0 Å². The molecule has 16 heavy (non-hydrogen) atoms. The first-order valence-electron chi connectivity index (χ1n) is 5.74. The third-order valence-corrected chi connectivity index (χ3v) is 3.83. The van der Waals surface area contributed by atoms with Crippen LogP contribution in [0.5, 0.6) is 0 Å². The highest BCUT2D eigenvalue weighted by Gasteiger charge is 2.39. The van der Waals surface area contributed by atoms with Crippen LogP contribution in [-0.2, 0) is 0 Å². The zero-order chi connectivity index (χ0) is 11.1. The fourth-order valence-electron chi connectivity index (χ4n) is 3.04. The topological polar surface area (TPSA) is 55.2 Å². The van der Waals surface area contributed by atoms with E-state index in [1.807, 2.05) is 12.1 Å². The number of nitrogens with one attached hydrogen (secondary N) is 1. The molecule has 2 aliphatic rings. The maximum absolute atomic E-state index is 10.6. The van der Waals surface area contributed by atoms with Crippen LogP contribution in [-0.4, -0.2) is 17.0 Å². The Morgan fingerprint density at radius 3 is 2.50 bits per heavy atom. The van der Waals surface area contributed by atoms with Crippen molar-refractivity contribution < 1.29 is 4.92 Å². The van der Waals surface area contributed by atoms with Crippen molar-refractivity contribution in [3.63, 3.8) is 0 Å². The van der Waals surface area contributed by atoms with Crippen molar-refractivity contribution in [1.29, 1.82) is 0 Å². The molecule has 2 heterocycles. The van der Waals surface area contributed by atoms with Crippen molar-refractivity contribution in [2.45, 2.75) is 37.3 Å². The summed E-state index contributed by atoms with van der Waals surface area (Å²) >= 11 is 0. The standard InChI is InChI=1S/C12H14N2O2/c15-14(16)10-4-1-8(2-5-10)11-7-9-3-6-12(11)13-9/h1-2,4-5,9,11-13H,3,6-7H2. The number of nitro benzene ring substituents is 1. The van der Waals surface area contributed by atoms with Gasteiger partial charge >= 0.3 is 0 Å². The number of rotatable bonds is 2. The summed E-state index contributed by atoms with van der Waals surface area (Å²) in [6, 6.07) is 8.30. The zero-order valence-electron chi connectivity index (χ0n) is 8.93. The molecule has 4 heteroatoms. The average Bonchev–Trinajstić information content (AvgIpc) is 2.91. The van der Waals surface area contributed by atoms with Gasteiger partial charge in [-0.25, -0.2) is 0 Å². The van der Waals surface area contributed by atoms with Crippen molar-refractivity contribution in [2.24, 2.45) is 0 Å². The Labute approximate surface area is 93.8 Å². The molecule has 2 saturated heterocycles. The highest BCUT2D eigenvalue weighted by molar-refractivity contribution is 5.36. The second-order valence-corrected chi connectivity index (χ2v) is 4.74. The summed E-state index contributed by atoms with van der Waals surface area (Å²) in [6.45, 7) is 0. The van der Waals surface area contributed by atoms with E-state index in [1.165, 1.54) is 24.8 Å². The lowest BCUT2D eigenvalue weighted by atomic mass is 9.84. The number of nitrogens with zero attached hydrogens (tertiary/aromatic N) is 1. The van der Waals surface area contributed by atoms with Gasteiger partial charge in [0.05, 0.1) is 4.92 Å². The first-order chi connectivity index (χ1) is 7.74. The van der Waals surface area contributed by atoms with E-state index in [0.717, 1.165) is 0 Å². The molecule has 4 nitrogen and oxygen atoms in total. The molecule has 0 radical (unpaired) electrons. The molecule has 0 saturated carbocycles. The molecule has 1 aromatic rings. The van der Waals surface area contributed by atoms with Crippen molar-refractivity contribution in [2.75, 3.05) is 0 Å². The molecule has 2 bridgehead atoms.